The molecule has 0 atom stereocenters. The summed E-state index contributed by atoms with van der Waals surface area (Å²) >= 11 is 0. The van der Waals surface area contributed by atoms with Crippen molar-refractivity contribution >= 4 is 11.6 Å². The van der Waals surface area contributed by atoms with Gasteiger partial charge in [-0.05, 0) is 18.1 Å². The van der Waals surface area contributed by atoms with Crippen LogP contribution in [-0.2, 0) is 6.42 Å². The van der Waals surface area contributed by atoms with Crippen molar-refractivity contribution in [2.75, 3.05) is 11.4 Å². The lowest BCUT2D eigenvalue weighted by Crippen LogP contribution is -2.29. The summed E-state index contributed by atoms with van der Waals surface area (Å²) < 4.78 is 0. The molecule has 0 unspecified atom stereocenters. The molecule has 2 aromatic carbocycles. The number of rotatable bonds is 2. The van der Waals surface area contributed by atoms with E-state index in [1.165, 1.54) is 5.56 Å². The Morgan fingerprint density at radius 3 is 2.64 bits per heavy atom. The molecule has 1 aliphatic rings. The standard InChI is InChI=1S/C17H14N4O/c22-17(21-11-10-12-6-4-5-9-14(12)21)16-15(18-20-19-16)13-7-2-1-3-8-13/h1-9H,10-11H2,(H,18,19,20). The quantitative estimate of drug-likeness (QED) is 0.789. The Morgan fingerprint density at radius 2 is 1.77 bits per heavy atom. The number of aromatic nitrogens is 3. The Morgan fingerprint density at radius 1 is 1.00 bits per heavy atom. The summed E-state index contributed by atoms with van der Waals surface area (Å²) in [4.78, 5) is 14.6. The normalized spacial score (nSPS) is 13.2. The second-order valence-electron chi connectivity index (χ2n) is 5.22. The lowest BCUT2D eigenvalue weighted by atomic mass is 10.1. The number of hydrogen-bond donors (Lipinski definition) is 1. The molecule has 3 aromatic rings. The summed E-state index contributed by atoms with van der Waals surface area (Å²) in [5.74, 6) is -0.113. The van der Waals surface area contributed by atoms with Crippen molar-refractivity contribution in [3.05, 3.63) is 65.9 Å². The molecule has 1 aromatic heterocycles. The average molecular weight is 290 g/mol. The van der Waals surface area contributed by atoms with Gasteiger partial charge in [-0.2, -0.15) is 15.4 Å². The molecule has 1 N–H and O–H groups in total. The second kappa shape index (κ2) is 5.11. The second-order valence-corrected chi connectivity index (χ2v) is 5.22. The highest BCUT2D eigenvalue weighted by molar-refractivity contribution is 6.09. The number of carbonyl (C=O) groups is 1. The monoisotopic (exact) mass is 290 g/mol. The maximum absolute atomic E-state index is 12.9. The summed E-state index contributed by atoms with van der Waals surface area (Å²) in [6.07, 6.45) is 0.875. The van der Waals surface area contributed by atoms with Gasteiger partial charge in [0.2, 0.25) is 0 Å². The van der Waals surface area contributed by atoms with Gasteiger partial charge in [0.05, 0.1) is 0 Å². The van der Waals surface area contributed by atoms with E-state index in [0.29, 0.717) is 17.9 Å². The van der Waals surface area contributed by atoms with Crippen LogP contribution in [0.5, 0.6) is 0 Å². The van der Waals surface area contributed by atoms with Crippen LogP contribution in [-0.4, -0.2) is 27.9 Å². The van der Waals surface area contributed by atoms with Gasteiger partial charge < -0.3 is 4.90 Å². The fourth-order valence-corrected chi connectivity index (χ4v) is 2.85. The Labute approximate surface area is 127 Å². The summed E-state index contributed by atoms with van der Waals surface area (Å²) in [6, 6.07) is 17.6. The van der Waals surface area contributed by atoms with Crippen LogP contribution in [0.15, 0.2) is 54.6 Å². The fraction of sp³-hybridized carbons (Fsp3) is 0.118. The Kier molecular flexibility index (Phi) is 2.96. The minimum atomic E-state index is -0.113. The number of fused-ring (bicyclic) bond motifs is 1. The molecule has 5 heteroatoms. The number of para-hydroxylation sites is 1. The first-order valence-electron chi connectivity index (χ1n) is 7.20. The van der Waals surface area contributed by atoms with E-state index in [2.05, 4.69) is 21.5 Å². The first-order chi connectivity index (χ1) is 10.8. The number of H-pyrrole nitrogens is 1. The minimum Gasteiger partial charge on any atom is -0.306 e. The number of anilines is 1. The number of hydrogen-bond acceptors (Lipinski definition) is 3. The van der Waals surface area contributed by atoms with Crippen LogP contribution in [0, 0.1) is 0 Å². The van der Waals surface area contributed by atoms with E-state index in [-0.39, 0.29) is 5.91 Å². The van der Waals surface area contributed by atoms with E-state index in [1.54, 1.807) is 4.90 Å². The molecule has 0 bridgehead atoms. The summed E-state index contributed by atoms with van der Waals surface area (Å²) in [7, 11) is 0. The smallest absolute Gasteiger partial charge is 0.281 e. The molecule has 1 amide bonds. The summed E-state index contributed by atoms with van der Waals surface area (Å²) in [5.41, 5.74) is 4.00. The molecule has 5 nitrogen and oxygen atoms in total. The number of nitrogens with zero attached hydrogens (tertiary/aromatic N) is 3. The predicted octanol–water partition coefficient (Wildman–Crippen LogP) is 2.67. The number of carbonyl (C=O) groups excluding carboxylic acids is 1. The number of aromatic amines is 1. The molecule has 0 saturated carbocycles. The van der Waals surface area contributed by atoms with Gasteiger partial charge >= 0.3 is 0 Å². The van der Waals surface area contributed by atoms with Crippen molar-refractivity contribution in [1.29, 1.82) is 0 Å². The number of amides is 1. The van der Waals surface area contributed by atoms with Crippen LogP contribution in [0.3, 0.4) is 0 Å². The van der Waals surface area contributed by atoms with Crippen LogP contribution in [0.25, 0.3) is 11.3 Å². The lowest BCUT2D eigenvalue weighted by molar-refractivity contribution is 0.0985. The first kappa shape index (κ1) is 12.8. The maximum Gasteiger partial charge on any atom is 0.281 e. The zero-order chi connectivity index (χ0) is 14.9. The Hall–Kier alpha value is -2.95. The molecule has 108 valence electrons. The predicted molar refractivity (Wildman–Crippen MR) is 83.6 cm³/mol. The third-order valence-corrected chi connectivity index (χ3v) is 3.93. The van der Waals surface area contributed by atoms with E-state index in [1.807, 2.05) is 48.5 Å². The van der Waals surface area contributed by atoms with Gasteiger partial charge in [-0.15, -0.1) is 0 Å². The fourth-order valence-electron chi connectivity index (χ4n) is 2.85. The summed E-state index contributed by atoms with van der Waals surface area (Å²) in [5, 5.41) is 10.8. The van der Waals surface area contributed by atoms with Crippen LogP contribution >= 0.6 is 0 Å². The molecular weight excluding hydrogens is 276 g/mol. The Bertz CT molecular complexity index is 825. The van der Waals surface area contributed by atoms with Crippen LogP contribution < -0.4 is 4.90 Å². The zero-order valence-electron chi connectivity index (χ0n) is 11.9. The first-order valence-corrected chi connectivity index (χ1v) is 7.20. The molecule has 4 rings (SSSR count). The average Bonchev–Trinajstić information content (AvgIpc) is 3.22. The van der Waals surface area contributed by atoms with E-state index in [4.69, 9.17) is 0 Å². The van der Waals surface area contributed by atoms with Crippen molar-refractivity contribution in [3.8, 4) is 11.3 Å². The number of benzene rings is 2. The molecule has 0 radical (unpaired) electrons. The highest BCUT2D eigenvalue weighted by Gasteiger charge is 2.29. The van der Waals surface area contributed by atoms with Crippen LogP contribution in [0.1, 0.15) is 16.1 Å². The minimum absolute atomic E-state index is 0.113. The van der Waals surface area contributed by atoms with Crippen molar-refractivity contribution in [2.45, 2.75) is 6.42 Å². The van der Waals surface area contributed by atoms with Crippen molar-refractivity contribution in [2.24, 2.45) is 0 Å². The van der Waals surface area contributed by atoms with Gasteiger partial charge in [0.15, 0.2) is 5.69 Å². The molecule has 0 spiro atoms. The third kappa shape index (κ3) is 1.98. The van der Waals surface area contributed by atoms with Crippen molar-refractivity contribution in [3.63, 3.8) is 0 Å². The SMILES string of the molecule is O=C(c1n[nH]nc1-c1ccccc1)N1CCc2ccccc21. The molecule has 0 aliphatic carbocycles. The molecule has 1 aliphatic heterocycles. The topological polar surface area (TPSA) is 61.9 Å². The molecule has 2 heterocycles. The van der Waals surface area contributed by atoms with E-state index < -0.39 is 0 Å². The molecule has 0 saturated heterocycles. The maximum atomic E-state index is 12.9. The van der Waals surface area contributed by atoms with E-state index in [0.717, 1.165) is 17.7 Å². The van der Waals surface area contributed by atoms with Gasteiger partial charge in [-0.3, -0.25) is 4.79 Å². The summed E-state index contributed by atoms with van der Waals surface area (Å²) in [6.45, 7) is 0.680. The number of nitrogens with one attached hydrogen (secondary N) is 1. The van der Waals surface area contributed by atoms with E-state index in [9.17, 15) is 4.79 Å². The van der Waals surface area contributed by atoms with E-state index >= 15 is 0 Å². The zero-order valence-corrected chi connectivity index (χ0v) is 11.9. The largest absolute Gasteiger partial charge is 0.306 e. The van der Waals surface area contributed by atoms with Crippen molar-refractivity contribution < 1.29 is 4.79 Å². The van der Waals surface area contributed by atoms with Gasteiger partial charge in [-0.1, -0.05) is 48.5 Å². The lowest BCUT2D eigenvalue weighted by Gasteiger charge is -2.16. The van der Waals surface area contributed by atoms with Gasteiger partial charge in [-0.25, -0.2) is 0 Å². The van der Waals surface area contributed by atoms with Crippen molar-refractivity contribution in [1.82, 2.24) is 15.4 Å². The van der Waals surface area contributed by atoms with Gasteiger partial charge in [0.1, 0.15) is 5.69 Å². The Balaban J connectivity index is 1.73. The van der Waals surface area contributed by atoms with Crippen LogP contribution in [0.4, 0.5) is 5.69 Å². The van der Waals surface area contributed by atoms with Gasteiger partial charge in [0.25, 0.3) is 5.91 Å². The highest BCUT2D eigenvalue weighted by atomic mass is 16.2. The third-order valence-electron chi connectivity index (χ3n) is 3.93. The molecule has 22 heavy (non-hydrogen) atoms. The highest BCUT2D eigenvalue weighted by Crippen LogP contribution is 2.30. The van der Waals surface area contributed by atoms with Gasteiger partial charge in [0, 0.05) is 17.8 Å². The van der Waals surface area contributed by atoms with Crippen LogP contribution in [0.2, 0.25) is 0 Å². The molecule has 0 fully saturated rings. The molecular formula is C17H14N4O.